The fraction of sp³-hybridized carbons (Fsp3) is 0.318. The molecule has 3 rings (SSSR count). The number of aliphatic carboxylic acids is 1. The maximum absolute atomic E-state index is 13.1. The fourth-order valence-electron chi connectivity index (χ4n) is 3.54. The average molecular weight is 398 g/mol. The van der Waals surface area contributed by atoms with Crippen molar-refractivity contribution in [2.75, 3.05) is 19.6 Å². The first-order valence-electron chi connectivity index (χ1n) is 9.53. The SMILES string of the molecule is O=C(O)CN(Cc1ccc(F)cc1)C(=O)C1CCN(C(=O)c2ccccc2)CC1. The van der Waals surface area contributed by atoms with Crippen molar-refractivity contribution in [3.8, 4) is 0 Å². The van der Waals surface area contributed by atoms with Crippen molar-refractivity contribution in [3.63, 3.8) is 0 Å². The van der Waals surface area contributed by atoms with E-state index in [-0.39, 0.29) is 30.1 Å². The molecule has 0 aromatic heterocycles. The van der Waals surface area contributed by atoms with Gasteiger partial charge in [0.1, 0.15) is 12.4 Å². The molecule has 1 N–H and O–H groups in total. The van der Waals surface area contributed by atoms with Crippen molar-refractivity contribution in [2.24, 2.45) is 5.92 Å². The maximum Gasteiger partial charge on any atom is 0.323 e. The lowest BCUT2D eigenvalue weighted by Gasteiger charge is -2.34. The normalized spacial score (nSPS) is 14.4. The number of benzene rings is 2. The molecule has 0 atom stereocenters. The number of carboxylic acid groups (broad SMARTS) is 1. The standard InChI is InChI=1S/C22H23FN2O4/c23-19-8-6-16(7-9-19)14-25(15-20(26)27)22(29)18-10-12-24(13-11-18)21(28)17-4-2-1-3-5-17/h1-9,18H,10-15H2,(H,26,27). The molecule has 29 heavy (non-hydrogen) atoms. The first kappa shape index (κ1) is 20.5. The molecule has 6 nitrogen and oxygen atoms in total. The minimum Gasteiger partial charge on any atom is -0.480 e. The highest BCUT2D eigenvalue weighted by atomic mass is 19.1. The highest BCUT2D eigenvalue weighted by Gasteiger charge is 2.31. The zero-order chi connectivity index (χ0) is 20.8. The van der Waals surface area contributed by atoms with E-state index in [1.165, 1.54) is 17.0 Å². The predicted octanol–water partition coefficient (Wildman–Crippen LogP) is 2.79. The fourth-order valence-corrected chi connectivity index (χ4v) is 3.54. The van der Waals surface area contributed by atoms with Gasteiger partial charge in [0.2, 0.25) is 5.91 Å². The van der Waals surface area contributed by atoms with Crippen LogP contribution in [-0.4, -0.2) is 52.3 Å². The van der Waals surface area contributed by atoms with E-state index in [9.17, 15) is 23.9 Å². The smallest absolute Gasteiger partial charge is 0.323 e. The number of likely N-dealkylation sites (tertiary alicyclic amines) is 1. The van der Waals surface area contributed by atoms with Gasteiger partial charge in [-0.25, -0.2) is 4.39 Å². The van der Waals surface area contributed by atoms with E-state index < -0.39 is 12.5 Å². The Labute approximate surface area is 168 Å². The van der Waals surface area contributed by atoms with Gasteiger partial charge in [0.15, 0.2) is 0 Å². The van der Waals surface area contributed by atoms with E-state index in [0.717, 1.165) is 0 Å². The van der Waals surface area contributed by atoms with Crippen LogP contribution in [0.15, 0.2) is 54.6 Å². The van der Waals surface area contributed by atoms with E-state index in [2.05, 4.69) is 0 Å². The molecule has 2 aromatic carbocycles. The highest BCUT2D eigenvalue weighted by molar-refractivity contribution is 5.94. The number of halogens is 1. The lowest BCUT2D eigenvalue weighted by atomic mass is 9.94. The maximum atomic E-state index is 13.1. The average Bonchev–Trinajstić information content (AvgIpc) is 2.74. The zero-order valence-corrected chi connectivity index (χ0v) is 16.0. The molecule has 0 radical (unpaired) electrons. The summed E-state index contributed by atoms with van der Waals surface area (Å²) in [5.74, 6) is -2.14. The monoisotopic (exact) mass is 398 g/mol. The molecule has 0 bridgehead atoms. The summed E-state index contributed by atoms with van der Waals surface area (Å²) < 4.78 is 13.1. The number of carbonyl (C=O) groups is 3. The molecule has 1 saturated heterocycles. The summed E-state index contributed by atoms with van der Waals surface area (Å²) in [6, 6.07) is 14.6. The second-order valence-corrected chi connectivity index (χ2v) is 7.15. The summed E-state index contributed by atoms with van der Waals surface area (Å²) in [4.78, 5) is 39.7. The van der Waals surface area contributed by atoms with Crippen LogP contribution < -0.4 is 0 Å². The Morgan fingerprint density at radius 2 is 1.62 bits per heavy atom. The van der Waals surface area contributed by atoms with Crippen molar-refractivity contribution in [1.82, 2.24) is 9.80 Å². The number of carbonyl (C=O) groups excluding carboxylic acids is 2. The molecule has 0 aliphatic carbocycles. The number of rotatable bonds is 6. The molecule has 1 aliphatic rings. The summed E-state index contributed by atoms with van der Waals surface area (Å²) in [5.41, 5.74) is 1.28. The van der Waals surface area contributed by atoms with E-state index in [1.807, 2.05) is 18.2 Å². The van der Waals surface area contributed by atoms with Crippen molar-refractivity contribution in [1.29, 1.82) is 0 Å². The predicted molar refractivity (Wildman–Crippen MR) is 105 cm³/mol. The Hall–Kier alpha value is -3.22. The summed E-state index contributed by atoms with van der Waals surface area (Å²) in [5, 5.41) is 9.19. The van der Waals surface area contributed by atoms with Crippen LogP contribution in [0.2, 0.25) is 0 Å². The number of carboxylic acids is 1. The quantitative estimate of drug-likeness (QED) is 0.812. The van der Waals surface area contributed by atoms with Crippen LogP contribution in [0.4, 0.5) is 4.39 Å². The van der Waals surface area contributed by atoms with Crippen LogP contribution in [0.5, 0.6) is 0 Å². The summed E-state index contributed by atoms with van der Waals surface area (Å²) in [7, 11) is 0. The molecular weight excluding hydrogens is 375 g/mol. The largest absolute Gasteiger partial charge is 0.480 e. The molecule has 1 fully saturated rings. The molecule has 1 heterocycles. The van der Waals surface area contributed by atoms with E-state index in [0.29, 0.717) is 37.1 Å². The molecular formula is C22H23FN2O4. The summed E-state index contributed by atoms with van der Waals surface area (Å²) >= 11 is 0. The lowest BCUT2D eigenvalue weighted by Crippen LogP contribution is -2.45. The Morgan fingerprint density at radius 3 is 2.21 bits per heavy atom. The number of hydrogen-bond donors (Lipinski definition) is 1. The minimum absolute atomic E-state index is 0.0646. The van der Waals surface area contributed by atoms with Gasteiger partial charge in [-0.05, 0) is 42.7 Å². The third-order valence-corrected chi connectivity index (χ3v) is 5.08. The lowest BCUT2D eigenvalue weighted by molar-refractivity contribution is -0.147. The highest BCUT2D eigenvalue weighted by Crippen LogP contribution is 2.22. The Bertz CT molecular complexity index is 862. The topological polar surface area (TPSA) is 77.9 Å². The first-order valence-corrected chi connectivity index (χ1v) is 9.53. The third-order valence-electron chi connectivity index (χ3n) is 5.08. The van der Waals surface area contributed by atoms with E-state index >= 15 is 0 Å². The molecule has 152 valence electrons. The van der Waals surface area contributed by atoms with Gasteiger partial charge in [0.25, 0.3) is 5.91 Å². The minimum atomic E-state index is -1.10. The van der Waals surface area contributed by atoms with Crippen LogP contribution in [0.25, 0.3) is 0 Å². The molecule has 1 aliphatic heterocycles. The molecule has 2 amide bonds. The summed E-state index contributed by atoms with van der Waals surface area (Å²) in [6.07, 6.45) is 0.966. The van der Waals surface area contributed by atoms with Crippen LogP contribution in [0, 0.1) is 11.7 Å². The van der Waals surface area contributed by atoms with Crippen molar-refractivity contribution in [2.45, 2.75) is 19.4 Å². The molecule has 0 unspecified atom stereocenters. The Balaban J connectivity index is 1.62. The van der Waals surface area contributed by atoms with Gasteiger partial charge in [-0.1, -0.05) is 30.3 Å². The second-order valence-electron chi connectivity index (χ2n) is 7.15. The summed E-state index contributed by atoms with van der Waals surface area (Å²) in [6.45, 7) is 0.580. The number of piperidine rings is 1. The van der Waals surface area contributed by atoms with Crippen LogP contribution in [-0.2, 0) is 16.1 Å². The van der Waals surface area contributed by atoms with E-state index in [4.69, 9.17) is 0 Å². The molecule has 7 heteroatoms. The Kier molecular flexibility index (Phi) is 6.59. The van der Waals surface area contributed by atoms with Gasteiger partial charge in [0, 0.05) is 31.1 Å². The first-order chi connectivity index (χ1) is 13.9. The second kappa shape index (κ2) is 9.32. The van der Waals surface area contributed by atoms with Gasteiger partial charge in [-0.3, -0.25) is 14.4 Å². The van der Waals surface area contributed by atoms with Gasteiger partial charge < -0.3 is 14.9 Å². The molecule has 0 spiro atoms. The Morgan fingerprint density at radius 1 is 1.00 bits per heavy atom. The van der Waals surface area contributed by atoms with Crippen molar-refractivity contribution >= 4 is 17.8 Å². The van der Waals surface area contributed by atoms with Crippen LogP contribution in [0.3, 0.4) is 0 Å². The third kappa shape index (κ3) is 5.40. The number of hydrogen-bond acceptors (Lipinski definition) is 3. The van der Waals surface area contributed by atoms with Crippen LogP contribution >= 0.6 is 0 Å². The number of nitrogens with zero attached hydrogens (tertiary/aromatic N) is 2. The van der Waals surface area contributed by atoms with Gasteiger partial charge in [0.05, 0.1) is 0 Å². The van der Waals surface area contributed by atoms with Crippen molar-refractivity contribution < 1.29 is 23.9 Å². The van der Waals surface area contributed by atoms with Gasteiger partial charge in [-0.15, -0.1) is 0 Å². The van der Waals surface area contributed by atoms with Crippen molar-refractivity contribution in [3.05, 3.63) is 71.5 Å². The molecule has 0 saturated carbocycles. The van der Waals surface area contributed by atoms with E-state index in [1.54, 1.807) is 29.2 Å². The van der Waals surface area contributed by atoms with Crippen LogP contribution in [0.1, 0.15) is 28.8 Å². The zero-order valence-electron chi connectivity index (χ0n) is 16.0. The van der Waals surface area contributed by atoms with Gasteiger partial charge >= 0.3 is 5.97 Å². The van der Waals surface area contributed by atoms with Gasteiger partial charge in [-0.2, -0.15) is 0 Å². The number of amides is 2. The molecule has 2 aromatic rings.